The maximum absolute atomic E-state index is 14.5. The minimum absolute atomic E-state index is 0.0812. The molecule has 0 aliphatic carbocycles. The Hall–Kier alpha value is -4.43. The van der Waals surface area contributed by atoms with E-state index in [2.05, 4.69) is 5.32 Å². The van der Waals surface area contributed by atoms with Gasteiger partial charge in [-0.3, -0.25) is 13.9 Å². The Morgan fingerprint density at radius 3 is 1.93 bits per heavy atom. The van der Waals surface area contributed by atoms with Gasteiger partial charge in [-0.05, 0) is 62.1 Å². The number of hydrogen-bond acceptors (Lipinski definition) is 4. The summed E-state index contributed by atoms with van der Waals surface area (Å²) in [7, 11) is -4.13. The molecule has 0 bridgehead atoms. The van der Waals surface area contributed by atoms with Crippen LogP contribution in [0.15, 0.2) is 114 Å². The summed E-state index contributed by atoms with van der Waals surface area (Å²) in [5.41, 5.74) is 3.84. The van der Waals surface area contributed by atoms with Gasteiger partial charge in [0.2, 0.25) is 11.8 Å². The molecular weight excluding hydrogens is 570 g/mol. The van der Waals surface area contributed by atoms with Crippen molar-refractivity contribution in [1.29, 1.82) is 0 Å². The van der Waals surface area contributed by atoms with E-state index < -0.39 is 28.5 Å². The summed E-state index contributed by atoms with van der Waals surface area (Å²) in [5.74, 6) is -0.759. The fourth-order valence-corrected chi connectivity index (χ4v) is 6.59. The molecule has 2 amide bonds. The lowest BCUT2D eigenvalue weighted by Crippen LogP contribution is -2.54. The molecular formula is C36H41N3O4S. The number of carbonyl (C=O) groups excluding carboxylic acids is 2. The van der Waals surface area contributed by atoms with E-state index in [0.29, 0.717) is 5.69 Å². The van der Waals surface area contributed by atoms with Gasteiger partial charge in [0.25, 0.3) is 10.0 Å². The van der Waals surface area contributed by atoms with Gasteiger partial charge in [-0.1, -0.05) is 103 Å². The minimum atomic E-state index is -4.13. The third-order valence-electron chi connectivity index (χ3n) is 7.70. The molecule has 0 heterocycles. The third kappa shape index (κ3) is 8.14. The Balaban J connectivity index is 1.81. The normalized spacial score (nSPS) is 12.6. The van der Waals surface area contributed by atoms with Gasteiger partial charge in [-0.25, -0.2) is 8.42 Å². The molecule has 7 nitrogen and oxygen atoms in total. The smallest absolute Gasteiger partial charge is 0.264 e. The highest BCUT2D eigenvalue weighted by Gasteiger charge is 2.35. The molecule has 0 unspecified atom stereocenters. The molecule has 0 saturated carbocycles. The van der Waals surface area contributed by atoms with Crippen LogP contribution in [0.25, 0.3) is 0 Å². The van der Waals surface area contributed by atoms with Gasteiger partial charge >= 0.3 is 0 Å². The number of anilines is 1. The second-order valence-electron chi connectivity index (χ2n) is 11.1. The molecule has 0 aromatic heterocycles. The zero-order valence-electron chi connectivity index (χ0n) is 25.8. The van der Waals surface area contributed by atoms with Crippen LogP contribution in [0.3, 0.4) is 0 Å². The summed E-state index contributed by atoms with van der Waals surface area (Å²) in [4.78, 5) is 30.0. The van der Waals surface area contributed by atoms with Gasteiger partial charge in [0.05, 0.1) is 10.6 Å². The maximum atomic E-state index is 14.5. The summed E-state index contributed by atoms with van der Waals surface area (Å²) in [6.07, 6.45) is 1.00. The summed E-state index contributed by atoms with van der Waals surface area (Å²) in [6, 6.07) is 31.6. The summed E-state index contributed by atoms with van der Waals surface area (Å²) < 4.78 is 29.5. The first-order chi connectivity index (χ1) is 21.1. The van der Waals surface area contributed by atoms with E-state index in [-0.39, 0.29) is 29.8 Å². The number of nitrogens with zero attached hydrogens (tertiary/aromatic N) is 2. The predicted octanol–water partition coefficient (Wildman–Crippen LogP) is 6.05. The fourth-order valence-electron chi connectivity index (χ4n) is 5.09. The molecule has 0 aliphatic heterocycles. The van der Waals surface area contributed by atoms with E-state index in [9.17, 15) is 18.0 Å². The quantitative estimate of drug-likeness (QED) is 0.199. The topological polar surface area (TPSA) is 86.8 Å². The predicted molar refractivity (Wildman–Crippen MR) is 176 cm³/mol. The highest BCUT2D eigenvalue weighted by Crippen LogP contribution is 2.28. The third-order valence-corrected chi connectivity index (χ3v) is 9.47. The number of rotatable bonds is 13. The van der Waals surface area contributed by atoms with Crippen molar-refractivity contribution in [3.8, 4) is 0 Å². The molecule has 0 saturated heterocycles. The Labute approximate surface area is 261 Å². The number of carbonyl (C=O) groups is 2. The average Bonchev–Trinajstić information content (AvgIpc) is 3.03. The second-order valence-corrected chi connectivity index (χ2v) is 13.0. The average molecular weight is 612 g/mol. The van der Waals surface area contributed by atoms with Crippen molar-refractivity contribution >= 4 is 27.5 Å². The lowest BCUT2D eigenvalue weighted by atomic mass is 10.0. The first-order valence-electron chi connectivity index (χ1n) is 14.9. The first kappa shape index (κ1) is 32.5. The molecule has 230 valence electrons. The second kappa shape index (κ2) is 14.8. The highest BCUT2D eigenvalue weighted by atomic mass is 32.2. The van der Waals surface area contributed by atoms with E-state index in [1.165, 1.54) is 21.3 Å². The highest BCUT2D eigenvalue weighted by molar-refractivity contribution is 7.92. The van der Waals surface area contributed by atoms with Gasteiger partial charge in [0.15, 0.2) is 0 Å². The molecule has 0 spiro atoms. The molecule has 0 fully saturated rings. The van der Waals surface area contributed by atoms with Gasteiger partial charge in [-0.2, -0.15) is 0 Å². The van der Waals surface area contributed by atoms with E-state index in [4.69, 9.17) is 0 Å². The van der Waals surface area contributed by atoms with Crippen molar-refractivity contribution in [2.24, 2.45) is 0 Å². The van der Waals surface area contributed by atoms with Crippen LogP contribution in [-0.2, 0) is 32.6 Å². The zero-order chi connectivity index (χ0) is 31.7. The summed E-state index contributed by atoms with van der Waals surface area (Å²) in [6.45, 7) is 7.34. The van der Waals surface area contributed by atoms with Crippen molar-refractivity contribution in [3.63, 3.8) is 0 Å². The van der Waals surface area contributed by atoms with Crippen molar-refractivity contribution in [1.82, 2.24) is 10.2 Å². The van der Waals surface area contributed by atoms with Crippen molar-refractivity contribution in [2.75, 3.05) is 10.8 Å². The molecule has 2 atom stereocenters. The molecule has 8 heteroatoms. The van der Waals surface area contributed by atoms with Crippen LogP contribution in [0, 0.1) is 13.8 Å². The Bertz CT molecular complexity index is 1650. The SMILES string of the molecule is CC[C@H](C)NC(=O)[C@@H](Cc1ccccc1)N(Cc1ccccc1)C(=O)CN(c1ccc(C)cc1C)S(=O)(=O)c1ccccc1. The van der Waals surface area contributed by atoms with Crippen LogP contribution in [-0.4, -0.2) is 43.8 Å². The Kier molecular flexibility index (Phi) is 11.0. The molecule has 4 rings (SSSR count). The van der Waals surface area contributed by atoms with Gasteiger partial charge < -0.3 is 10.2 Å². The van der Waals surface area contributed by atoms with Crippen LogP contribution >= 0.6 is 0 Å². The Morgan fingerprint density at radius 1 is 0.795 bits per heavy atom. The molecule has 4 aromatic carbocycles. The van der Waals surface area contributed by atoms with Crippen LogP contribution in [0.1, 0.15) is 42.5 Å². The van der Waals surface area contributed by atoms with Gasteiger partial charge in [0, 0.05) is 19.0 Å². The van der Waals surface area contributed by atoms with E-state index >= 15 is 0 Å². The van der Waals surface area contributed by atoms with Gasteiger partial charge in [0.1, 0.15) is 12.6 Å². The largest absolute Gasteiger partial charge is 0.352 e. The van der Waals surface area contributed by atoms with Crippen LogP contribution in [0.5, 0.6) is 0 Å². The van der Waals surface area contributed by atoms with Crippen molar-refractivity contribution < 1.29 is 18.0 Å². The standard InChI is InChI=1S/C36H41N3O4S/c1-5-29(4)37-36(41)34(24-30-15-9-6-10-16-30)38(25-31-17-11-7-12-18-31)35(40)26-39(33-22-21-27(2)23-28(33)3)44(42,43)32-19-13-8-14-20-32/h6-23,29,34H,5,24-26H2,1-4H3,(H,37,41)/t29-,34+/m0/s1. The number of aryl methyl sites for hydroxylation is 2. The van der Waals surface area contributed by atoms with Crippen molar-refractivity contribution in [3.05, 3.63) is 131 Å². The van der Waals surface area contributed by atoms with Crippen molar-refractivity contribution in [2.45, 2.75) is 64.1 Å². The minimum Gasteiger partial charge on any atom is -0.352 e. The summed E-state index contributed by atoms with van der Waals surface area (Å²) >= 11 is 0. The fraction of sp³-hybridized carbons (Fsp3) is 0.278. The number of amides is 2. The molecule has 4 aromatic rings. The molecule has 0 radical (unpaired) electrons. The van der Waals surface area contributed by atoms with E-state index in [1.54, 1.807) is 24.3 Å². The molecule has 44 heavy (non-hydrogen) atoms. The van der Waals surface area contributed by atoms with E-state index in [1.807, 2.05) is 100 Å². The van der Waals surface area contributed by atoms with Crippen LogP contribution in [0.2, 0.25) is 0 Å². The van der Waals surface area contributed by atoms with E-state index in [0.717, 1.165) is 28.7 Å². The Morgan fingerprint density at radius 2 is 1.36 bits per heavy atom. The summed E-state index contributed by atoms with van der Waals surface area (Å²) in [5, 5.41) is 3.06. The maximum Gasteiger partial charge on any atom is 0.264 e. The lowest BCUT2D eigenvalue weighted by Gasteiger charge is -2.34. The van der Waals surface area contributed by atoms with Gasteiger partial charge in [-0.15, -0.1) is 0 Å². The van der Waals surface area contributed by atoms with Crippen LogP contribution < -0.4 is 9.62 Å². The monoisotopic (exact) mass is 611 g/mol. The number of sulfonamides is 1. The number of hydrogen-bond donors (Lipinski definition) is 1. The molecule has 0 aliphatic rings. The molecule has 1 N–H and O–H groups in total. The first-order valence-corrected chi connectivity index (χ1v) is 16.4. The number of benzene rings is 4. The number of nitrogens with one attached hydrogen (secondary N) is 1. The van der Waals surface area contributed by atoms with Crippen LogP contribution in [0.4, 0.5) is 5.69 Å². The lowest BCUT2D eigenvalue weighted by molar-refractivity contribution is -0.140. The zero-order valence-corrected chi connectivity index (χ0v) is 26.6.